The van der Waals surface area contributed by atoms with Crippen molar-refractivity contribution in [3.8, 4) is 39.4 Å². The molecule has 0 radical (unpaired) electrons. The van der Waals surface area contributed by atoms with Crippen LogP contribution in [0.2, 0.25) is 0 Å². The van der Waals surface area contributed by atoms with Gasteiger partial charge in [0.15, 0.2) is 0 Å². The highest BCUT2D eigenvalue weighted by Gasteiger charge is 2.48. The fraction of sp³-hybridized carbons (Fsp3) is 0.0317. The van der Waals surface area contributed by atoms with E-state index in [2.05, 4.69) is 229 Å². The number of hydrogen-bond acceptors (Lipinski definition) is 2. The van der Waals surface area contributed by atoms with Crippen LogP contribution in [0.25, 0.3) is 33.4 Å². The molecule has 66 heavy (non-hydrogen) atoms. The second-order valence-electron chi connectivity index (χ2n) is 17.2. The highest BCUT2D eigenvalue weighted by atomic mass is 19.1. The van der Waals surface area contributed by atoms with E-state index >= 15 is 4.39 Å². The molecule has 0 unspecified atom stereocenters. The molecule has 10 aromatic carbocycles. The lowest BCUT2D eigenvalue weighted by molar-refractivity contribution is 0.631. The van der Waals surface area contributed by atoms with E-state index in [4.69, 9.17) is 0 Å². The Morgan fingerprint density at radius 3 is 1.27 bits per heavy atom. The largest absolute Gasteiger partial charge is 0.310 e. The van der Waals surface area contributed by atoms with Gasteiger partial charge in [-0.3, -0.25) is 0 Å². The van der Waals surface area contributed by atoms with Gasteiger partial charge in [-0.05, 0) is 121 Å². The maximum atomic E-state index is 15.5. The van der Waals surface area contributed by atoms with E-state index < -0.39 is 16.6 Å². The first kappa shape index (κ1) is 39.0. The quantitative estimate of drug-likeness (QED) is 0.152. The number of halogens is 1. The Morgan fingerprint density at radius 1 is 0.333 bits per heavy atom. The van der Waals surface area contributed by atoms with E-state index in [-0.39, 0.29) is 0 Å². The van der Waals surface area contributed by atoms with Crippen LogP contribution in [0.3, 0.4) is 0 Å². The number of nitriles is 1. The Hall–Kier alpha value is -8.58. The second kappa shape index (κ2) is 15.6. The molecule has 0 amide bonds. The minimum atomic E-state index is -0.588. The summed E-state index contributed by atoms with van der Waals surface area (Å²) in [5.74, 6) is -0.424. The van der Waals surface area contributed by atoms with Crippen LogP contribution in [0.4, 0.5) is 21.5 Å². The third-order valence-corrected chi connectivity index (χ3v) is 13.9. The topological polar surface area (TPSA) is 27.0 Å². The van der Waals surface area contributed by atoms with Crippen LogP contribution in [0.15, 0.2) is 249 Å². The molecular weight excluding hydrogens is 804 g/mol. The average molecular weight is 845 g/mol. The van der Waals surface area contributed by atoms with Crippen molar-refractivity contribution in [1.29, 1.82) is 5.26 Å². The van der Waals surface area contributed by atoms with E-state index in [1.165, 1.54) is 72.8 Å². The lowest BCUT2D eigenvalue weighted by Gasteiger charge is -2.35. The van der Waals surface area contributed by atoms with Crippen molar-refractivity contribution in [2.24, 2.45) is 0 Å². The van der Waals surface area contributed by atoms with Gasteiger partial charge in [0.05, 0.1) is 22.5 Å². The van der Waals surface area contributed by atoms with Crippen LogP contribution in [-0.2, 0) is 10.8 Å². The smallest absolute Gasteiger partial charge is 0.132 e. The van der Waals surface area contributed by atoms with Crippen LogP contribution in [0.1, 0.15) is 50.1 Å². The number of hydrogen-bond donors (Lipinski definition) is 0. The summed E-state index contributed by atoms with van der Waals surface area (Å²) < 4.78 is 15.5. The van der Waals surface area contributed by atoms with Gasteiger partial charge in [0.1, 0.15) is 5.82 Å². The molecule has 2 nitrogen and oxygen atoms in total. The highest BCUT2D eigenvalue weighted by Crippen LogP contribution is 2.59. The zero-order valence-electron chi connectivity index (χ0n) is 35.9. The maximum Gasteiger partial charge on any atom is 0.132 e. The van der Waals surface area contributed by atoms with Gasteiger partial charge < -0.3 is 4.90 Å². The summed E-state index contributed by atoms with van der Waals surface area (Å²) in [4.78, 5) is 2.34. The molecule has 0 saturated carbocycles. The van der Waals surface area contributed by atoms with Gasteiger partial charge in [0.25, 0.3) is 0 Å². The molecule has 2 aliphatic carbocycles. The molecule has 310 valence electrons. The number of fused-ring (bicyclic) bond motifs is 6. The first-order chi connectivity index (χ1) is 32.6. The van der Waals surface area contributed by atoms with Crippen LogP contribution < -0.4 is 4.90 Å². The summed E-state index contributed by atoms with van der Waals surface area (Å²) in [6.45, 7) is 0. The SMILES string of the molecule is N#Cc1ccc(-c2ccc(N(c3ccc4c(c3)-c3ccccc3C4(c3ccccc3)c3ccccc3)c3ccc4c(c3)C(c3ccccc3)(c3ccccc3)c3ccccc3-4)cc2)c(F)c1. The molecule has 0 spiro atoms. The number of nitrogens with zero attached hydrogens (tertiary/aromatic N) is 2. The van der Waals surface area contributed by atoms with Crippen molar-refractivity contribution >= 4 is 17.1 Å². The van der Waals surface area contributed by atoms with E-state index in [9.17, 15) is 5.26 Å². The molecule has 0 atom stereocenters. The first-order valence-electron chi connectivity index (χ1n) is 22.4. The van der Waals surface area contributed by atoms with Gasteiger partial charge in [-0.1, -0.05) is 200 Å². The lowest BCUT2D eigenvalue weighted by atomic mass is 9.67. The Kier molecular flexibility index (Phi) is 9.22. The van der Waals surface area contributed by atoms with Crippen LogP contribution in [0.5, 0.6) is 0 Å². The van der Waals surface area contributed by atoms with Crippen LogP contribution >= 0.6 is 0 Å². The minimum Gasteiger partial charge on any atom is -0.310 e. The van der Waals surface area contributed by atoms with Crippen LogP contribution in [-0.4, -0.2) is 0 Å². The summed E-state index contributed by atoms with van der Waals surface area (Å²) >= 11 is 0. The third-order valence-electron chi connectivity index (χ3n) is 13.9. The van der Waals surface area contributed by atoms with Crippen molar-refractivity contribution in [2.45, 2.75) is 10.8 Å². The Balaban J connectivity index is 1.11. The van der Waals surface area contributed by atoms with Crippen molar-refractivity contribution in [3.05, 3.63) is 305 Å². The van der Waals surface area contributed by atoms with Gasteiger partial charge >= 0.3 is 0 Å². The van der Waals surface area contributed by atoms with Crippen molar-refractivity contribution in [2.75, 3.05) is 4.90 Å². The predicted octanol–water partition coefficient (Wildman–Crippen LogP) is 15.6. The first-order valence-corrected chi connectivity index (χ1v) is 22.4. The fourth-order valence-corrected chi connectivity index (χ4v) is 11.2. The molecule has 0 bridgehead atoms. The third kappa shape index (κ3) is 5.79. The monoisotopic (exact) mass is 844 g/mol. The van der Waals surface area contributed by atoms with E-state index in [1.807, 2.05) is 12.1 Å². The molecule has 0 fully saturated rings. The lowest BCUT2D eigenvalue weighted by Crippen LogP contribution is -2.28. The molecule has 3 heteroatoms. The average Bonchev–Trinajstić information content (AvgIpc) is 3.86. The molecule has 0 saturated heterocycles. The Bertz CT molecular complexity index is 3410. The van der Waals surface area contributed by atoms with Crippen molar-refractivity contribution in [1.82, 2.24) is 0 Å². The predicted molar refractivity (Wildman–Crippen MR) is 266 cm³/mol. The van der Waals surface area contributed by atoms with Crippen LogP contribution in [0, 0.1) is 17.1 Å². The van der Waals surface area contributed by atoms with Gasteiger partial charge in [-0.25, -0.2) is 4.39 Å². The maximum absolute atomic E-state index is 15.5. The molecule has 12 rings (SSSR count). The van der Waals surface area contributed by atoms with Gasteiger partial charge in [-0.2, -0.15) is 5.26 Å². The van der Waals surface area contributed by atoms with Gasteiger partial charge in [-0.15, -0.1) is 0 Å². The van der Waals surface area contributed by atoms with Crippen molar-refractivity contribution < 1.29 is 4.39 Å². The minimum absolute atomic E-state index is 0.293. The number of rotatable bonds is 8. The van der Waals surface area contributed by atoms with E-state index in [0.717, 1.165) is 22.6 Å². The standard InChI is InChI=1S/C63H41FN2/c64-61-39-43(42-65)29-36-52(61)44-30-32-49(33-31-44)66(50-35-38-59-56(40-50)54-26-14-16-28-58(54)62(59,45-17-5-1-6-18-45)46-19-7-2-8-20-46)51-34-37-55-53-25-13-15-27-57(53)63(60(55)41-51,47-21-9-3-10-22-47)48-23-11-4-12-24-48/h1-41H. The summed E-state index contributed by atoms with van der Waals surface area (Å²) in [5.41, 5.74) is 17.8. The summed E-state index contributed by atoms with van der Waals surface area (Å²) in [6, 6.07) is 90.0. The number of benzene rings is 10. The zero-order valence-corrected chi connectivity index (χ0v) is 35.9. The molecule has 0 aliphatic heterocycles. The molecular formula is C63H41FN2. The highest BCUT2D eigenvalue weighted by molar-refractivity contribution is 5.93. The Morgan fingerprint density at radius 2 is 0.742 bits per heavy atom. The summed E-state index contributed by atoms with van der Waals surface area (Å²) in [7, 11) is 0. The van der Waals surface area contributed by atoms with E-state index in [1.54, 1.807) is 12.1 Å². The summed E-state index contributed by atoms with van der Waals surface area (Å²) in [6.07, 6.45) is 0. The second-order valence-corrected chi connectivity index (χ2v) is 17.2. The molecule has 10 aromatic rings. The zero-order chi connectivity index (χ0) is 44.2. The molecule has 0 heterocycles. The van der Waals surface area contributed by atoms with E-state index in [0.29, 0.717) is 11.1 Å². The number of anilines is 3. The molecule has 0 aromatic heterocycles. The van der Waals surface area contributed by atoms with Crippen molar-refractivity contribution in [3.63, 3.8) is 0 Å². The Labute approximate surface area is 384 Å². The molecule has 2 aliphatic rings. The van der Waals surface area contributed by atoms with Gasteiger partial charge in [0.2, 0.25) is 0 Å². The van der Waals surface area contributed by atoms with Gasteiger partial charge in [0, 0.05) is 22.6 Å². The fourth-order valence-electron chi connectivity index (χ4n) is 11.2. The summed E-state index contributed by atoms with van der Waals surface area (Å²) in [5, 5.41) is 9.44. The molecule has 0 N–H and O–H groups in total. The normalized spacial score (nSPS) is 13.5.